The minimum Gasteiger partial charge on any atom is -0.508 e. The predicted molar refractivity (Wildman–Crippen MR) is 257 cm³/mol. The summed E-state index contributed by atoms with van der Waals surface area (Å²) >= 11 is 8.28. The Kier molecular flexibility index (Phi) is 23.7. The largest absolute Gasteiger partial charge is 0.508 e. The number of nitrogens with one attached hydrogen (secondary N) is 6. The van der Waals surface area contributed by atoms with E-state index in [-0.39, 0.29) is 49.5 Å². The Labute approximate surface area is 409 Å². The molecule has 16 N–H and O–H groups in total. The van der Waals surface area contributed by atoms with Crippen molar-refractivity contribution in [3.05, 3.63) is 65.7 Å². The normalized spacial score (nSPS) is 16.2. The van der Waals surface area contributed by atoms with Crippen molar-refractivity contribution in [3.63, 3.8) is 0 Å². The lowest BCUT2D eigenvalue weighted by Crippen LogP contribution is -2.61. The smallest absolute Gasteiger partial charge is 0.326 e. The van der Waals surface area contributed by atoms with E-state index < -0.39 is 127 Å². The fourth-order valence-corrected chi connectivity index (χ4v) is 7.67. The van der Waals surface area contributed by atoms with Crippen LogP contribution in [-0.4, -0.2) is 147 Å². The summed E-state index contributed by atoms with van der Waals surface area (Å²) in [6.07, 6.45) is -0.331. The van der Waals surface area contributed by atoms with Crippen molar-refractivity contribution < 1.29 is 58.2 Å². The van der Waals surface area contributed by atoms with E-state index >= 15 is 0 Å². The fraction of sp³-hybridized carbons (Fsp3) is 0.500. The van der Waals surface area contributed by atoms with Crippen LogP contribution in [-0.2, 0) is 60.8 Å². The Balaban J connectivity index is 1.86. The maximum absolute atomic E-state index is 14.2. The first kappa shape index (κ1) is 56.9. The molecule has 1 fully saturated rings. The van der Waals surface area contributed by atoms with Gasteiger partial charge in [0.2, 0.25) is 53.2 Å². The molecule has 0 spiro atoms. The molecule has 0 aliphatic carbocycles. The number of primary amides is 2. The number of aromatic hydroxyl groups is 1. The van der Waals surface area contributed by atoms with Crippen molar-refractivity contribution in [2.24, 2.45) is 22.9 Å². The highest BCUT2D eigenvalue weighted by Gasteiger charge is 2.40. The van der Waals surface area contributed by atoms with Gasteiger partial charge < -0.3 is 69.9 Å². The molecule has 23 nitrogen and oxygen atoms in total. The van der Waals surface area contributed by atoms with E-state index in [1.54, 1.807) is 30.3 Å². The summed E-state index contributed by atoms with van der Waals surface area (Å²) in [4.78, 5) is 133. The van der Waals surface area contributed by atoms with Gasteiger partial charge in [0.15, 0.2) is 0 Å². The number of carboxylic acid groups (broad SMARTS) is 1. The van der Waals surface area contributed by atoms with Crippen LogP contribution < -0.4 is 54.8 Å². The van der Waals surface area contributed by atoms with Gasteiger partial charge in [-0.2, -0.15) is 25.3 Å². The van der Waals surface area contributed by atoms with Gasteiger partial charge in [0, 0.05) is 37.3 Å². The first-order chi connectivity index (χ1) is 32.8. The van der Waals surface area contributed by atoms with E-state index in [1.807, 2.05) is 0 Å². The molecular weight excluding hydrogens is 939 g/mol. The number of phenolic OH excluding ortho intramolecular Hbond substituents is 1. The van der Waals surface area contributed by atoms with Crippen LogP contribution in [0.15, 0.2) is 54.6 Å². The zero-order valence-electron chi connectivity index (χ0n) is 37.8. The molecule has 9 amide bonds. The number of carbonyl (C=O) groups is 10. The molecule has 378 valence electrons. The van der Waals surface area contributed by atoms with Crippen molar-refractivity contribution in [1.29, 1.82) is 0 Å². The molecule has 0 saturated carbocycles. The number of unbranched alkanes of at least 4 members (excludes halogenated alkanes) is 1. The number of carboxylic acids is 1. The monoisotopic (exact) mass is 1000 g/mol. The lowest BCUT2D eigenvalue weighted by Gasteiger charge is -2.30. The average Bonchev–Trinajstić information content (AvgIpc) is 3.81. The van der Waals surface area contributed by atoms with E-state index in [0.29, 0.717) is 36.9 Å². The van der Waals surface area contributed by atoms with Crippen molar-refractivity contribution in [3.8, 4) is 5.75 Å². The summed E-state index contributed by atoms with van der Waals surface area (Å²) in [6.45, 7) is 0.410. The van der Waals surface area contributed by atoms with Crippen LogP contribution in [0.5, 0.6) is 5.75 Å². The van der Waals surface area contributed by atoms with E-state index in [0.717, 1.165) is 0 Å². The lowest BCUT2D eigenvalue weighted by molar-refractivity contribution is -0.145. The Hall–Kier alpha value is -6.44. The summed E-state index contributed by atoms with van der Waals surface area (Å²) in [5.74, 6) is -9.81. The minimum atomic E-state index is -1.77. The number of nitrogens with two attached hydrogens (primary N) is 4. The van der Waals surface area contributed by atoms with Crippen molar-refractivity contribution in [2.75, 3.05) is 24.6 Å². The maximum atomic E-state index is 14.2. The summed E-state index contributed by atoms with van der Waals surface area (Å²) in [6, 6.07) is 3.20. The van der Waals surface area contributed by atoms with Gasteiger partial charge in [-0.1, -0.05) is 42.5 Å². The quantitative estimate of drug-likeness (QED) is 0.0280. The standard InChI is InChI=1S/C44H63N11O12S2/c45-17-5-4-9-29(44(66)67)50-42(64)34-10-6-18-55(34)43(65)33(23-69)54-41(63)32(21-36(48)58)53-38(60)28(15-16-35(47)57)49-39(61)31(19-24-7-2-1-3-8-24)52-40(62)30(51-37(59)27(46)22-68)20-25-11-13-26(56)14-12-25/h1-3,7-8,11-14,27-34,56,68-69H,4-6,9-10,15-23,45-46H2,(H2,47,57)(H2,48,58)(H,49,61)(H,50,64)(H,51,59)(H,52,62)(H,53,60)(H,54,63)(H,66,67). The van der Waals surface area contributed by atoms with Crippen LogP contribution in [0.4, 0.5) is 0 Å². The second kappa shape index (κ2) is 28.8. The fourth-order valence-electron chi connectivity index (χ4n) is 7.26. The molecule has 25 heteroatoms. The highest BCUT2D eigenvalue weighted by molar-refractivity contribution is 7.80. The molecule has 1 aliphatic rings. The molecule has 69 heavy (non-hydrogen) atoms. The maximum Gasteiger partial charge on any atom is 0.326 e. The summed E-state index contributed by atoms with van der Waals surface area (Å²) in [7, 11) is 0. The van der Waals surface area contributed by atoms with Crippen molar-refractivity contribution in [2.45, 2.75) is 113 Å². The SMILES string of the molecule is NCCCCC(NC(=O)C1CCCN1C(=O)C(CS)NC(=O)C(CC(N)=O)NC(=O)C(CCC(N)=O)NC(=O)C(Cc1ccccc1)NC(=O)C(Cc1ccc(O)cc1)NC(=O)C(N)CS)C(=O)O. The van der Waals surface area contributed by atoms with Crippen molar-refractivity contribution in [1.82, 2.24) is 36.8 Å². The number of aliphatic carboxylic acids is 1. The number of rotatable bonds is 29. The third-order valence-corrected chi connectivity index (χ3v) is 11.8. The Morgan fingerprint density at radius 3 is 1.72 bits per heavy atom. The second-order valence-electron chi connectivity index (χ2n) is 16.4. The highest BCUT2D eigenvalue weighted by Crippen LogP contribution is 2.20. The number of phenols is 1. The number of amides is 9. The number of carbonyl (C=O) groups excluding carboxylic acids is 9. The summed E-state index contributed by atoms with van der Waals surface area (Å²) < 4.78 is 0. The van der Waals surface area contributed by atoms with Gasteiger partial charge in [-0.25, -0.2) is 4.79 Å². The summed E-state index contributed by atoms with van der Waals surface area (Å²) in [5, 5.41) is 34.4. The minimum absolute atomic E-state index is 0.0486. The molecular formula is C44H63N11O12S2. The average molecular weight is 1000 g/mol. The summed E-state index contributed by atoms with van der Waals surface area (Å²) in [5.41, 5.74) is 23.3. The van der Waals surface area contributed by atoms with Crippen LogP contribution in [0.3, 0.4) is 0 Å². The number of hydrogen-bond donors (Lipinski definition) is 14. The third-order valence-electron chi connectivity index (χ3n) is 11.0. The molecule has 8 atom stereocenters. The third kappa shape index (κ3) is 18.9. The Bertz CT molecular complexity index is 2120. The van der Waals surface area contributed by atoms with Gasteiger partial charge in [0.05, 0.1) is 12.5 Å². The van der Waals surface area contributed by atoms with Crippen LogP contribution in [0, 0.1) is 0 Å². The molecule has 0 aromatic heterocycles. The number of hydrogen-bond acceptors (Lipinski definition) is 15. The molecule has 2 aromatic rings. The molecule has 1 saturated heterocycles. The molecule has 8 unspecified atom stereocenters. The molecule has 1 aliphatic heterocycles. The number of benzene rings is 2. The zero-order chi connectivity index (χ0) is 51.2. The zero-order valence-corrected chi connectivity index (χ0v) is 39.6. The van der Waals surface area contributed by atoms with Gasteiger partial charge in [-0.15, -0.1) is 0 Å². The first-order valence-electron chi connectivity index (χ1n) is 22.2. The van der Waals surface area contributed by atoms with E-state index in [1.165, 1.54) is 29.2 Å². The van der Waals surface area contributed by atoms with Crippen LogP contribution in [0.25, 0.3) is 0 Å². The van der Waals surface area contributed by atoms with Crippen LogP contribution in [0.2, 0.25) is 0 Å². The van der Waals surface area contributed by atoms with Crippen molar-refractivity contribution >= 4 is 84.4 Å². The Morgan fingerprint density at radius 2 is 1.17 bits per heavy atom. The van der Waals surface area contributed by atoms with Gasteiger partial charge >= 0.3 is 5.97 Å². The molecule has 3 rings (SSSR count). The van der Waals surface area contributed by atoms with Gasteiger partial charge in [-0.3, -0.25) is 43.2 Å². The van der Waals surface area contributed by atoms with Crippen LogP contribution >= 0.6 is 25.3 Å². The predicted octanol–water partition coefficient (Wildman–Crippen LogP) is -3.38. The Morgan fingerprint density at radius 1 is 0.638 bits per heavy atom. The molecule has 1 heterocycles. The first-order valence-corrected chi connectivity index (χ1v) is 23.5. The van der Waals surface area contributed by atoms with Crippen LogP contribution in [0.1, 0.15) is 62.5 Å². The van der Waals surface area contributed by atoms with E-state index in [9.17, 15) is 58.2 Å². The van der Waals surface area contributed by atoms with E-state index in [2.05, 4.69) is 57.2 Å². The van der Waals surface area contributed by atoms with Gasteiger partial charge in [-0.05, 0) is 68.3 Å². The second-order valence-corrected chi connectivity index (χ2v) is 17.1. The number of nitrogens with zero attached hydrogens (tertiary/aromatic N) is 1. The van der Waals surface area contributed by atoms with E-state index in [4.69, 9.17) is 22.9 Å². The number of likely N-dealkylation sites (tertiary alicyclic amines) is 1. The number of thiol groups is 2. The van der Waals surface area contributed by atoms with Gasteiger partial charge in [0.1, 0.15) is 48.0 Å². The topological polar surface area (TPSA) is 391 Å². The highest BCUT2D eigenvalue weighted by atomic mass is 32.1. The lowest BCUT2D eigenvalue weighted by atomic mass is 10.0. The molecule has 0 radical (unpaired) electrons. The molecule has 2 aromatic carbocycles. The van der Waals surface area contributed by atoms with Gasteiger partial charge in [0.25, 0.3) is 0 Å². The molecule has 0 bridgehead atoms.